The molecule has 0 saturated carbocycles. The highest BCUT2D eigenvalue weighted by Crippen LogP contribution is 2.33. The number of nitrogens with one attached hydrogen (secondary N) is 2. The van der Waals surface area contributed by atoms with E-state index in [1.54, 1.807) is 37.4 Å². The molecule has 0 bridgehead atoms. The lowest BCUT2D eigenvalue weighted by molar-refractivity contribution is -0.383. The van der Waals surface area contributed by atoms with Gasteiger partial charge >= 0.3 is 11.7 Å². The molecule has 2 heterocycles. The lowest BCUT2D eigenvalue weighted by atomic mass is 10.2. The third-order valence-electron chi connectivity index (χ3n) is 3.89. The van der Waals surface area contributed by atoms with Gasteiger partial charge in [-0.25, -0.2) is 19.7 Å². The highest BCUT2D eigenvalue weighted by Gasteiger charge is 2.24. The van der Waals surface area contributed by atoms with Gasteiger partial charge in [0.1, 0.15) is 12.1 Å². The first kappa shape index (κ1) is 19.7. The SMILES string of the molecule is CCOC(=O)c1cccc(Nc2ncnc(Nc3ncccc3C)c2[N+](=O)[O-])c1. The first-order valence-electron chi connectivity index (χ1n) is 8.71. The summed E-state index contributed by atoms with van der Waals surface area (Å²) >= 11 is 0. The van der Waals surface area contributed by atoms with Crippen LogP contribution in [-0.4, -0.2) is 32.5 Å². The molecule has 0 aliphatic carbocycles. The molecular weight excluding hydrogens is 376 g/mol. The van der Waals surface area contributed by atoms with E-state index in [0.717, 1.165) is 5.56 Å². The predicted molar refractivity (Wildman–Crippen MR) is 107 cm³/mol. The third-order valence-corrected chi connectivity index (χ3v) is 3.89. The van der Waals surface area contributed by atoms with E-state index in [1.165, 1.54) is 12.4 Å². The normalized spacial score (nSPS) is 10.3. The summed E-state index contributed by atoms with van der Waals surface area (Å²) in [6.45, 7) is 3.78. The Labute approximate surface area is 166 Å². The van der Waals surface area contributed by atoms with Crippen LogP contribution in [0.15, 0.2) is 48.9 Å². The third kappa shape index (κ3) is 4.61. The van der Waals surface area contributed by atoms with Crippen LogP contribution in [0.1, 0.15) is 22.8 Å². The highest BCUT2D eigenvalue weighted by atomic mass is 16.6. The van der Waals surface area contributed by atoms with E-state index in [4.69, 9.17) is 4.74 Å². The predicted octanol–water partition coefficient (Wildman–Crippen LogP) is 3.75. The molecule has 0 spiro atoms. The van der Waals surface area contributed by atoms with Crippen LogP contribution in [0.25, 0.3) is 0 Å². The molecule has 0 aliphatic rings. The average Bonchev–Trinajstić information content (AvgIpc) is 2.70. The smallest absolute Gasteiger partial charge is 0.353 e. The number of carbonyl (C=O) groups is 1. The fourth-order valence-electron chi connectivity index (χ4n) is 2.54. The Morgan fingerprint density at radius 1 is 1.10 bits per heavy atom. The summed E-state index contributed by atoms with van der Waals surface area (Å²) in [5, 5.41) is 17.5. The number of nitro groups is 1. The largest absolute Gasteiger partial charge is 0.462 e. The Morgan fingerprint density at radius 2 is 1.86 bits per heavy atom. The lowest BCUT2D eigenvalue weighted by Gasteiger charge is -2.11. The summed E-state index contributed by atoms with van der Waals surface area (Å²) in [7, 11) is 0. The van der Waals surface area contributed by atoms with E-state index >= 15 is 0 Å². The van der Waals surface area contributed by atoms with E-state index in [1.807, 2.05) is 13.0 Å². The minimum atomic E-state index is -0.585. The van der Waals surface area contributed by atoms with Crippen molar-refractivity contribution in [2.24, 2.45) is 0 Å². The summed E-state index contributed by atoms with van der Waals surface area (Å²) in [6.07, 6.45) is 2.77. The maximum Gasteiger partial charge on any atom is 0.353 e. The first-order valence-corrected chi connectivity index (χ1v) is 8.71. The molecule has 0 unspecified atom stereocenters. The van der Waals surface area contributed by atoms with Crippen LogP contribution in [0, 0.1) is 17.0 Å². The van der Waals surface area contributed by atoms with Crippen molar-refractivity contribution in [3.63, 3.8) is 0 Å². The molecule has 10 heteroatoms. The first-order chi connectivity index (χ1) is 14.0. The van der Waals surface area contributed by atoms with Gasteiger partial charge in [-0.2, -0.15) is 0 Å². The standard InChI is InChI=1S/C19H18N6O4/c1-3-29-19(26)13-7-4-8-14(10-13)23-17-15(25(27)28)18(22-11-21-17)24-16-12(2)6-5-9-20-16/h4-11H,3H2,1-2H3,(H2,20,21,22,23,24). The molecule has 29 heavy (non-hydrogen) atoms. The molecule has 2 aromatic heterocycles. The van der Waals surface area contributed by atoms with Gasteiger partial charge in [0, 0.05) is 11.9 Å². The van der Waals surface area contributed by atoms with E-state index in [9.17, 15) is 14.9 Å². The second-order valence-electron chi connectivity index (χ2n) is 5.90. The van der Waals surface area contributed by atoms with Gasteiger partial charge in [-0.15, -0.1) is 0 Å². The molecule has 3 rings (SSSR count). The molecule has 2 N–H and O–H groups in total. The van der Waals surface area contributed by atoms with Crippen molar-refractivity contribution in [2.45, 2.75) is 13.8 Å². The number of pyridine rings is 1. The van der Waals surface area contributed by atoms with Crippen LogP contribution in [-0.2, 0) is 4.74 Å². The zero-order valence-corrected chi connectivity index (χ0v) is 15.7. The lowest BCUT2D eigenvalue weighted by Crippen LogP contribution is -2.08. The molecule has 0 fully saturated rings. The molecule has 0 atom stereocenters. The number of nitrogens with zero attached hydrogens (tertiary/aromatic N) is 4. The summed E-state index contributed by atoms with van der Waals surface area (Å²) < 4.78 is 4.97. The fourth-order valence-corrected chi connectivity index (χ4v) is 2.54. The zero-order valence-electron chi connectivity index (χ0n) is 15.7. The van der Waals surface area contributed by atoms with E-state index in [0.29, 0.717) is 17.1 Å². The molecule has 0 aliphatic heterocycles. The van der Waals surface area contributed by atoms with Gasteiger partial charge in [-0.1, -0.05) is 12.1 Å². The highest BCUT2D eigenvalue weighted by molar-refractivity contribution is 5.91. The van der Waals surface area contributed by atoms with Crippen LogP contribution in [0.2, 0.25) is 0 Å². The topological polar surface area (TPSA) is 132 Å². The van der Waals surface area contributed by atoms with Gasteiger partial charge in [-0.05, 0) is 43.7 Å². The second-order valence-corrected chi connectivity index (χ2v) is 5.90. The maximum atomic E-state index is 11.9. The maximum absolute atomic E-state index is 11.9. The van der Waals surface area contributed by atoms with Crippen LogP contribution < -0.4 is 10.6 Å². The van der Waals surface area contributed by atoms with Gasteiger partial charge < -0.3 is 15.4 Å². The van der Waals surface area contributed by atoms with Crippen LogP contribution >= 0.6 is 0 Å². The van der Waals surface area contributed by atoms with Crippen molar-refractivity contribution in [2.75, 3.05) is 17.2 Å². The van der Waals surface area contributed by atoms with Crippen molar-refractivity contribution in [3.05, 3.63) is 70.2 Å². The van der Waals surface area contributed by atoms with Gasteiger partial charge in [0.05, 0.1) is 17.1 Å². The number of hydrogen-bond acceptors (Lipinski definition) is 9. The van der Waals surface area contributed by atoms with Crippen molar-refractivity contribution in [3.8, 4) is 0 Å². The average molecular weight is 394 g/mol. The van der Waals surface area contributed by atoms with E-state index in [2.05, 4.69) is 25.6 Å². The molecule has 3 aromatic rings. The second kappa shape index (κ2) is 8.74. The summed E-state index contributed by atoms with van der Waals surface area (Å²) in [6, 6.07) is 10.00. The summed E-state index contributed by atoms with van der Waals surface area (Å²) in [5.74, 6) is -0.0659. The number of rotatable bonds is 7. The minimum absolute atomic E-state index is 0.00385. The Hall–Kier alpha value is -4.08. The molecular formula is C19H18N6O4. The number of anilines is 4. The van der Waals surface area contributed by atoms with Crippen molar-refractivity contribution < 1.29 is 14.5 Å². The quantitative estimate of drug-likeness (QED) is 0.349. The van der Waals surface area contributed by atoms with Crippen LogP contribution in [0.5, 0.6) is 0 Å². The number of aryl methyl sites for hydroxylation is 1. The molecule has 10 nitrogen and oxygen atoms in total. The number of esters is 1. The van der Waals surface area contributed by atoms with Crippen molar-refractivity contribution in [1.29, 1.82) is 0 Å². The van der Waals surface area contributed by atoms with E-state index in [-0.39, 0.29) is 23.9 Å². The Morgan fingerprint density at radius 3 is 2.55 bits per heavy atom. The molecule has 148 valence electrons. The van der Waals surface area contributed by atoms with Gasteiger partial charge in [0.15, 0.2) is 0 Å². The number of aromatic nitrogens is 3. The minimum Gasteiger partial charge on any atom is -0.462 e. The van der Waals surface area contributed by atoms with Gasteiger partial charge in [-0.3, -0.25) is 10.1 Å². The van der Waals surface area contributed by atoms with Crippen LogP contribution in [0.3, 0.4) is 0 Å². The van der Waals surface area contributed by atoms with Crippen molar-refractivity contribution >= 4 is 34.8 Å². The van der Waals surface area contributed by atoms with E-state index < -0.39 is 10.9 Å². The Bertz CT molecular complexity index is 1060. The summed E-state index contributed by atoms with van der Waals surface area (Å²) in [5.41, 5.74) is 1.21. The summed E-state index contributed by atoms with van der Waals surface area (Å²) in [4.78, 5) is 35.2. The van der Waals surface area contributed by atoms with Gasteiger partial charge in [0.2, 0.25) is 11.6 Å². The van der Waals surface area contributed by atoms with Crippen molar-refractivity contribution in [1.82, 2.24) is 15.0 Å². The van der Waals surface area contributed by atoms with Crippen LogP contribution in [0.4, 0.5) is 28.8 Å². The molecule has 0 amide bonds. The fraction of sp³-hybridized carbons (Fsp3) is 0.158. The number of benzene rings is 1. The molecule has 1 aromatic carbocycles. The van der Waals surface area contributed by atoms with Gasteiger partial charge in [0.25, 0.3) is 0 Å². The number of carbonyl (C=O) groups excluding carboxylic acids is 1. The monoisotopic (exact) mass is 394 g/mol. The number of ether oxygens (including phenoxy) is 1. The Balaban J connectivity index is 1.94. The molecule has 0 radical (unpaired) electrons. The zero-order chi connectivity index (χ0) is 20.8. The molecule has 0 saturated heterocycles. The number of hydrogen-bond donors (Lipinski definition) is 2. The Kier molecular flexibility index (Phi) is 5.93.